The lowest BCUT2D eigenvalue weighted by Crippen LogP contribution is -2.34. The number of methoxy groups -OCH3 is 1. The van der Waals surface area contributed by atoms with E-state index in [1.807, 2.05) is 30.3 Å². The fourth-order valence-electron chi connectivity index (χ4n) is 2.09. The van der Waals surface area contributed by atoms with E-state index in [1.54, 1.807) is 0 Å². The number of hydrogen-bond donors (Lipinski definition) is 2. The molecule has 0 saturated heterocycles. The molecule has 0 bridgehead atoms. The Bertz CT molecular complexity index is 617. The molecule has 2 rings (SSSR count). The van der Waals surface area contributed by atoms with Crippen molar-refractivity contribution >= 4 is 5.91 Å². The minimum absolute atomic E-state index is 0.116. The Morgan fingerprint density at radius 1 is 1.24 bits per heavy atom. The number of ether oxygens (including phenoxy) is 1. The van der Waals surface area contributed by atoms with Gasteiger partial charge in [0.25, 0.3) is 5.91 Å². The first-order valence-electron chi connectivity index (χ1n) is 6.55. The van der Waals surface area contributed by atoms with Gasteiger partial charge >= 0.3 is 0 Å². The number of nitrogens with one attached hydrogen (secondary N) is 1. The molecule has 0 radical (unpaired) electrons. The van der Waals surface area contributed by atoms with E-state index < -0.39 is 11.7 Å². The topological polar surface area (TPSA) is 64.3 Å². The number of nitrogens with two attached hydrogens (primary N) is 1. The molecule has 0 saturated carbocycles. The Kier molecular flexibility index (Phi) is 4.90. The largest absolute Gasteiger partial charge is 0.496 e. The average Bonchev–Trinajstić information content (AvgIpc) is 2.52. The van der Waals surface area contributed by atoms with Gasteiger partial charge in [-0.1, -0.05) is 36.4 Å². The standard InChI is InChI=1S/C16H17FN2O2/c1-21-14-9-5-8-12(17)15(14)16(20)19-13(10-18)11-6-3-2-4-7-11/h2-9,13H,10,18H2,1H3,(H,19,20). The molecule has 0 aromatic heterocycles. The summed E-state index contributed by atoms with van der Waals surface area (Å²) in [5.74, 6) is -0.990. The quantitative estimate of drug-likeness (QED) is 0.887. The normalized spacial score (nSPS) is 11.8. The molecular formula is C16H17FN2O2. The molecule has 4 nitrogen and oxygen atoms in total. The van der Waals surface area contributed by atoms with Crippen LogP contribution in [0.4, 0.5) is 4.39 Å². The first kappa shape index (κ1) is 15.0. The lowest BCUT2D eigenvalue weighted by molar-refractivity contribution is 0.0930. The lowest BCUT2D eigenvalue weighted by Gasteiger charge is -2.18. The molecule has 0 aliphatic heterocycles. The van der Waals surface area contributed by atoms with E-state index in [0.29, 0.717) is 0 Å². The van der Waals surface area contributed by atoms with Crippen LogP contribution in [0.5, 0.6) is 5.75 Å². The highest BCUT2D eigenvalue weighted by Gasteiger charge is 2.20. The van der Waals surface area contributed by atoms with Gasteiger partial charge in [0.15, 0.2) is 0 Å². The fourth-order valence-corrected chi connectivity index (χ4v) is 2.09. The molecule has 1 unspecified atom stereocenters. The molecular weight excluding hydrogens is 271 g/mol. The lowest BCUT2D eigenvalue weighted by atomic mass is 10.1. The summed E-state index contributed by atoms with van der Waals surface area (Å²) in [6.45, 7) is 0.215. The number of halogens is 1. The van der Waals surface area contributed by atoms with Crippen LogP contribution in [-0.4, -0.2) is 19.6 Å². The maximum absolute atomic E-state index is 13.9. The molecule has 0 aliphatic carbocycles. The third kappa shape index (κ3) is 3.38. The summed E-state index contributed by atoms with van der Waals surface area (Å²) in [5.41, 5.74) is 6.45. The highest BCUT2D eigenvalue weighted by atomic mass is 19.1. The highest BCUT2D eigenvalue weighted by molar-refractivity contribution is 5.97. The van der Waals surface area contributed by atoms with E-state index >= 15 is 0 Å². The minimum atomic E-state index is -0.629. The van der Waals surface area contributed by atoms with Crippen molar-refractivity contribution in [2.24, 2.45) is 5.73 Å². The summed E-state index contributed by atoms with van der Waals surface area (Å²) < 4.78 is 18.9. The Morgan fingerprint density at radius 3 is 2.57 bits per heavy atom. The van der Waals surface area contributed by atoms with Crippen molar-refractivity contribution < 1.29 is 13.9 Å². The molecule has 1 atom stereocenters. The van der Waals surface area contributed by atoms with Gasteiger partial charge in [-0.2, -0.15) is 0 Å². The zero-order valence-electron chi connectivity index (χ0n) is 11.7. The van der Waals surface area contributed by atoms with Crippen molar-refractivity contribution in [3.63, 3.8) is 0 Å². The van der Waals surface area contributed by atoms with Crippen molar-refractivity contribution in [3.8, 4) is 5.75 Å². The van der Waals surface area contributed by atoms with Gasteiger partial charge in [-0.15, -0.1) is 0 Å². The molecule has 0 spiro atoms. The van der Waals surface area contributed by atoms with Crippen LogP contribution in [0.2, 0.25) is 0 Å². The molecule has 21 heavy (non-hydrogen) atoms. The van der Waals surface area contributed by atoms with Crippen molar-refractivity contribution in [1.29, 1.82) is 0 Å². The number of carbonyl (C=O) groups excluding carboxylic acids is 1. The van der Waals surface area contributed by atoms with E-state index in [4.69, 9.17) is 10.5 Å². The zero-order chi connectivity index (χ0) is 15.2. The van der Waals surface area contributed by atoms with Crippen LogP contribution in [0.15, 0.2) is 48.5 Å². The van der Waals surface area contributed by atoms with Crippen molar-refractivity contribution in [1.82, 2.24) is 5.32 Å². The number of hydrogen-bond acceptors (Lipinski definition) is 3. The van der Waals surface area contributed by atoms with E-state index in [9.17, 15) is 9.18 Å². The fraction of sp³-hybridized carbons (Fsp3) is 0.188. The first-order chi connectivity index (χ1) is 10.2. The molecule has 0 fully saturated rings. The predicted octanol–water partition coefficient (Wildman–Crippen LogP) is 2.26. The van der Waals surface area contributed by atoms with Gasteiger partial charge in [0.1, 0.15) is 17.1 Å². The number of rotatable bonds is 5. The van der Waals surface area contributed by atoms with E-state index in [0.717, 1.165) is 5.56 Å². The van der Waals surface area contributed by atoms with Crippen molar-refractivity contribution in [3.05, 3.63) is 65.5 Å². The molecule has 1 amide bonds. The smallest absolute Gasteiger partial charge is 0.258 e. The average molecular weight is 288 g/mol. The van der Waals surface area contributed by atoms with Crippen LogP contribution in [0, 0.1) is 5.82 Å². The highest BCUT2D eigenvalue weighted by Crippen LogP contribution is 2.22. The van der Waals surface area contributed by atoms with E-state index in [-0.39, 0.29) is 23.9 Å². The Labute approximate surface area is 122 Å². The second-order valence-electron chi connectivity index (χ2n) is 4.49. The molecule has 3 N–H and O–H groups in total. The van der Waals surface area contributed by atoms with E-state index in [1.165, 1.54) is 25.3 Å². The maximum atomic E-state index is 13.9. The molecule has 0 aliphatic rings. The summed E-state index contributed by atoms with van der Waals surface area (Å²) >= 11 is 0. The van der Waals surface area contributed by atoms with Crippen LogP contribution in [-0.2, 0) is 0 Å². The van der Waals surface area contributed by atoms with Crippen molar-refractivity contribution in [2.75, 3.05) is 13.7 Å². The Hall–Kier alpha value is -2.40. The SMILES string of the molecule is COc1cccc(F)c1C(=O)NC(CN)c1ccccc1. The van der Waals surface area contributed by atoms with Crippen LogP contribution >= 0.6 is 0 Å². The van der Waals surface area contributed by atoms with Gasteiger partial charge in [-0.05, 0) is 17.7 Å². The zero-order valence-corrected chi connectivity index (χ0v) is 11.7. The number of amides is 1. The van der Waals surface area contributed by atoms with Crippen LogP contribution in [0.3, 0.4) is 0 Å². The summed E-state index contributed by atoms with van der Waals surface area (Å²) in [4.78, 5) is 12.3. The third-order valence-electron chi connectivity index (χ3n) is 3.17. The van der Waals surface area contributed by atoms with Gasteiger partial charge in [0.05, 0.1) is 13.2 Å². The number of carbonyl (C=O) groups is 1. The third-order valence-corrected chi connectivity index (χ3v) is 3.17. The van der Waals surface area contributed by atoms with Crippen LogP contribution < -0.4 is 15.8 Å². The second-order valence-corrected chi connectivity index (χ2v) is 4.49. The van der Waals surface area contributed by atoms with Gasteiger partial charge in [-0.3, -0.25) is 4.79 Å². The second kappa shape index (κ2) is 6.85. The minimum Gasteiger partial charge on any atom is -0.496 e. The predicted molar refractivity (Wildman–Crippen MR) is 78.7 cm³/mol. The molecule has 0 heterocycles. The maximum Gasteiger partial charge on any atom is 0.258 e. The number of benzene rings is 2. The molecule has 2 aromatic rings. The van der Waals surface area contributed by atoms with Gasteiger partial charge < -0.3 is 15.8 Å². The molecule has 2 aromatic carbocycles. The summed E-state index contributed by atoms with van der Waals surface area (Å²) in [7, 11) is 1.39. The monoisotopic (exact) mass is 288 g/mol. The first-order valence-corrected chi connectivity index (χ1v) is 6.55. The summed E-state index contributed by atoms with van der Waals surface area (Å²) in [6.07, 6.45) is 0. The van der Waals surface area contributed by atoms with Crippen molar-refractivity contribution in [2.45, 2.75) is 6.04 Å². The summed E-state index contributed by atoms with van der Waals surface area (Å²) in [6, 6.07) is 13.2. The Balaban J connectivity index is 2.25. The van der Waals surface area contributed by atoms with Gasteiger partial charge in [0.2, 0.25) is 0 Å². The Morgan fingerprint density at radius 2 is 1.95 bits per heavy atom. The van der Waals surface area contributed by atoms with E-state index in [2.05, 4.69) is 5.32 Å². The van der Waals surface area contributed by atoms with Gasteiger partial charge in [0, 0.05) is 6.54 Å². The summed E-state index contributed by atoms with van der Waals surface area (Å²) in [5, 5.41) is 2.73. The van der Waals surface area contributed by atoms with Gasteiger partial charge in [-0.25, -0.2) is 4.39 Å². The van der Waals surface area contributed by atoms with Crippen LogP contribution in [0.1, 0.15) is 22.0 Å². The van der Waals surface area contributed by atoms with Crippen LogP contribution in [0.25, 0.3) is 0 Å². The molecule has 5 heteroatoms. The molecule has 110 valence electrons.